The summed E-state index contributed by atoms with van der Waals surface area (Å²) in [5.74, 6) is -1.13. The summed E-state index contributed by atoms with van der Waals surface area (Å²) in [6, 6.07) is -2.05. The zero-order valence-corrected chi connectivity index (χ0v) is 11.4. The number of carboxylic acid groups (broad SMARTS) is 1. The van der Waals surface area contributed by atoms with Gasteiger partial charge in [-0.2, -0.15) is 0 Å². The number of amides is 2. The third-order valence-corrected chi connectivity index (χ3v) is 3.27. The van der Waals surface area contributed by atoms with Gasteiger partial charge in [-0.15, -0.1) is 0 Å². The van der Waals surface area contributed by atoms with Crippen LogP contribution in [0.5, 0.6) is 0 Å². The van der Waals surface area contributed by atoms with E-state index in [0.29, 0.717) is 18.8 Å². The Morgan fingerprint density at radius 3 is 3.05 bits per heavy atom. The number of nitrogens with zero attached hydrogens (tertiary/aromatic N) is 2. The van der Waals surface area contributed by atoms with Crippen molar-refractivity contribution in [2.45, 2.75) is 18.5 Å². The van der Waals surface area contributed by atoms with E-state index in [4.69, 9.17) is 4.74 Å². The van der Waals surface area contributed by atoms with Crippen LogP contribution in [-0.2, 0) is 16.0 Å². The number of ether oxygens (including phenoxy) is 1. The Morgan fingerprint density at radius 1 is 1.62 bits per heavy atom. The van der Waals surface area contributed by atoms with Crippen molar-refractivity contribution in [1.29, 1.82) is 0 Å². The molecule has 4 N–H and O–H groups in total. The van der Waals surface area contributed by atoms with Gasteiger partial charge < -0.3 is 30.2 Å². The van der Waals surface area contributed by atoms with Crippen molar-refractivity contribution < 1.29 is 24.5 Å². The van der Waals surface area contributed by atoms with Crippen molar-refractivity contribution in [2.75, 3.05) is 26.4 Å². The molecular formula is C12H18N4O5. The number of rotatable bonds is 5. The van der Waals surface area contributed by atoms with Crippen LogP contribution < -0.4 is 5.32 Å². The number of hydrogen-bond acceptors (Lipinski definition) is 5. The highest BCUT2D eigenvalue weighted by atomic mass is 16.5. The molecule has 0 saturated carbocycles. The molecule has 1 aromatic rings. The van der Waals surface area contributed by atoms with Gasteiger partial charge in [0.25, 0.3) is 0 Å². The molecule has 9 nitrogen and oxygen atoms in total. The van der Waals surface area contributed by atoms with E-state index in [9.17, 15) is 19.8 Å². The van der Waals surface area contributed by atoms with Crippen LogP contribution in [-0.4, -0.2) is 75.5 Å². The number of nitrogens with one attached hydrogen (secondary N) is 2. The maximum atomic E-state index is 12.2. The average molecular weight is 298 g/mol. The first-order valence-electron chi connectivity index (χ1n) is 6.57. The van der Waals surface area contributed by atoms with Crippen molar-refractivity contribution >= 4 is 12.0 Å². The number of hydrogen-bond donors (Lipinski definition) is 4. The van der Waals surface area contributed by atoms with Crippen LogP contribution in [0.25, 0.3) is 0 Å². The van der Waals surface area contributed by atoms with Crippen LogP contribution in [0.1, 0.15) is 5.69 Å². The second-order valence-electron chi connectivity index (χ2n) is 4.73. The van der Waals surface area contributed by atoms with Crippen molar-refractivity contribution in [3.63, 3.8) is 0 Å². The third kappa shape index (κ3) is 3.92. The van der Waals surface area contributed by atoms with Gasteiger partial charge in [-0.25, -0.2) is 14.6 Å². The lowest BCUT2D eigenvalue weighted by molar-refractivity contribution is -0.139. The molecule has 1 unspecified atom stereocenters. The van der Waals surface area contributed by atoms with E-state index in [-0.39, 0.29) is 19.6 Å². The molecule has 0 radical (unpaired) electrons. The number of carboxylic acids is 1. The molecule has 1 aliphatic rings. The first-order valence-corrected chi connectivity index (χ1v) is 6.57. The zero-order valence-electron chi connectivity index (χ0n) is 11.4. The fourth-order valence-corrected chi connectivity index (χ4v) is 2.12. The Balaban J connectivity index is 1.98. The van der Waals surface area contributed by atoms with Crippen LogP contribution in [0.2, 0.25) is 0 Å². The van der Waals surface area contributed by atoms with Gasteiger partial charge >= 0.3 is 12.0 Å². The molecule has 0 bridgehead atoms. The standard InChI is InChI=1S/C12H18N4O5/c17-5-9-6-21-2-1-16(9)12(20)15-10(11(18)19)3-8-4-13-7-14-8/h4,7,9-10,17H,1-3,5-6H2,(H,13,14)(H,15,20)(H,18,19)/t9?,10-/m0/s1. The second kappa shape index (κ2) is 7.04. The summed E-state index contributed by atoms with van der Waals surface area (Å²) in [4.78, 5) is 31.4. The quantitative estimate of drug-likeness (QED) is 0.541. The number of H-pyrrole nitrogens is 1. The summed E-state index contributed by atoms with van der Waals surface area (Å²) in [6.45, 7) is 0.684. The fourth-order valence-electron chi connectivity index (χ4n) is 2.12. The lowest BCUT2D eigenvalue weighted by atomic mass is 10.1. The van der Waals surface area contributed by atoms with Crippen molar-refractivity contribution in [2.24, 2.45) is 0 Å². The Hall–Kier alpha value is -2.13. The minimum absolute atomic E-state index is 0.106. The molecule has 2 atom stereocenters. The molecule has 1 aliphatic heterocycles. The van der Waals surface area contributed by atoms with Crippen molar-refractivity contribution in [3.8, 4) is 0 Å². The SMILES string of the molecule is O=C(O)[C@H](Cc1cnc[nH]1)NC(=O)N1CCOCC1CO. The Kier molecular flexibility index (Phi) is 5.12. The number of morpholine rings is 1. The predicted molar refractivity (Wildman–Crippen MR) is 70.6 cm³/mol. The number of urea groups is 1. The van der Waals surface area contributed by atoms with Crippen molar-refractivity contribution in [3.05, 3.63) is 18.2 Å². The van der Waals surface area contributed by atoms with Crippen molar-refractivity contribution in [1.82, 2.24) is 20.2 Å². The van der Waals surface area contributed by atoms with Crippen LogP contribution >= 0.6 is 0 Å². The van der Waals surface area contributed by atoms with Gasteiger partial charge in [0.1, 0.15) is 6.04 Å². The molecule has 1 fully saturated rings. The molecule has 21 heavy (non-hydrogen) atoms. The summed E-state index contributed by atoms with van der Waals surface area (Å²) in [7, 11) is 0. The van der Waals surface area contributed by atoms with E-state index in [1.807, 2.05) is 0 Å². The van der Waals surface area contributed by atoms with E-state index in [2.05, 4.69) is 15.3 Å². The summed E-state index contributed by atoms with van der Waals surface area (Å²) in [5.41, 5.74) is 0.614. The average Bonchev–Trinajstić information content (AvgIpc) is 2.99. The van der Waals surface area contributed by atoms with E-state index < -0.39 is 24.1 Å². The second-order valence-corrected chi connectivity index (χ2v) is 4.73. The minimum Gasteiger partial charge on any atom is -0.480 e. The van der Waals surface area contributed by atoms with E-state index >= 15 is 0 Å². The fraction of sp³-hybridized carbons (Fsp3) is 0.583. The van der Waals surface area contributed by atoms with E-state index in [1.165, 1.54) is 17.4 Å². The van der Waals surface area contributed by atoms with Crippen LogP contribution in [0.4, 0.5) is 4.79 Å². The van der Waals surface area contributed by atoms with Gasteiger partial charge in [0.2, 0.25) is 0 Å². The number of aromatic nitrogens is 2. The summed E-state index contributed by atoms with van der Waals surface area (Å²) in [6.07, 6.45) is 3.06. The Morgan fingerprint density at radius 2 is 2.43 bits per heavy atom. The number of aliphatic hydroxyl groups is 1. The third-order valence-electron chi connectivity index (χ3n) is 3.27. The van der Waals surface area contributed by atoms with E-state index in [0.717, 1.165) is 0 Å². The minimum atomic E-state index is -1.13. The van der Waals surface area contributed by atoms with Gasteiger partial charge in [0, 0.05) is 24.9 Å². The summed E-state index contributed by atoms with van der Waals surface area (Å²) in [5, 5.41) is 20.9. The number of imidazole rings is 1. The normalized spacial score (nSPS) is 20.0. The number of aliphatic hydroxyl groups excluding tert-OH is 1. The van der Waals surface area contributed by atoms with Gasteiger partial charge in [0.15, 0.2) is 0 Å². The zero-order chi connectivity index (χ0) is 15.2. The van der Waals surface area contributed by atoms with E-state index in [1.54, 1.807) is 0 Å². The molecule has 1 aromatic heterocycles. The largest absolute Gasteiger partial charge is 0.480 e. The van der Waals surface area contributed by atoms with Gasteiger partial charge in [-0.1, -0.05) is 0 Å². The molecule has 0 spiro atoms. The summed E-state index contributed by atoms with van der Waals surface area (Å²) < 4.78 is 5.18. The highest BCUT2D eigenvalue weighted by Gasteiger charge is 2.30. The maximum Gasteiger partial charge on any atom is 0.326 e. The first kappa shape index (κ1) is 15.3. The monoisotopic (exact) mass is 298 g/mol. The van der Waals surface area contributed by atoms with Crippen LogP contribution in [0.3, 0.4) is 0 Å². The number of carbonyl (C=O) groups excluding carboxylic acids is 1. The van der Waals surface area contributed by atoms with Gasteiger partial charge in [0.05, 0.1) is 32.2 Å². The lowest BCUT2D eigenvalue weighted by Crippen LogP contribution is -2.57. The Labute approximate surface area is 120 Å². The highest BCUT2D eigenvalue weighted by molar-refractivity contribution is 5.83. The molecule has 1 saturated heterocycles. The van der Waals surface area contributed by atoms with Gasteiger partial charge in [-0.3, -0.25) is 0 Å². The topological polar surface area (TPSA) is 128 Å². The van der Waals surface area contributed by atoms with Crippen LogP contribution in [0, 0.1) is 0 Å². The first-order chi connectivity index (χ1) is 10.1. The van der Waals surface area contributed by atoms with Gasteiger partial charge in [-0.05, 0) is 0 Å². The lowest BCUT2D eigenvalue weighted by Gasteiger charge is -2.35. The number of aliphatic carboxylic acids is 1. The molecule has 0 aromatic carbocycles. The summed E-state index contributed by atoms with van der Waals surface area (Å²) >= 11 is 0. The molecule has 2 amide bonds. The number of carbonyl (C=O) groups is 2. The maximum absolute atomic E-state index is 12.2. The molecule has 2 rings (SSSR count). The highest BCUT2D eigenvalue weighted by Crippen LogP contribution is 2.08. The number of aromatic amines is 1. The molecule has 116 valence electrons. The molecule has 0 aliphatic carbocycles. The Bertz CT molecular complexity index is 478. The molecular weight excluding hydrogens is 280 g/mol. The van der Waals surface area contributed by atoms with Crippen LogP contribution in [0.15, 0.2) is 12.5 Å². The molecule has 9 heteroatoms. The smallest absolute Gasteiger partial charge is 0.326 e. The predicted octanol–water partition coefficient (Wildman–Crippen LogP) is -1.19. The molecule has 2 heterocycles.